The molecule has 0 bridgehead atoms. The molecule has 0 unspecified atom stereocenters. The van der Waals surface area contributed by atoms with E-state index in [1.165, 1.54) is 0 Å². The fraction of sp³-hybridized carbons (Fsp3) is 0. The molecular formula is C36H10BBiF20. The molecule has 0 aliphatic carbocycles. The number of rotatable bonds is 6. The first-order chi connectivity index (χ1) is 27.2. The summed E-state index contributed by atoms with van der Waals surface area (Å²) in [5.41, 5.74) is -14.3. The van der Waals surface area contributed by atoms with Crippen molar-refractivity contribution in [2.75, 3.05) is 0 Å². The maximum absolute atomic E-state index is 15.4. The third-order valence-corrected chi connectivity index (χ3v) is 12.8. The SMILES string of the molecule is Fc1c(F)c(F)c([B-](c2c(F)c(F)c(F)c(F)c2F)(c2c(F)c(F)c(F)c(F)c2F)c2c(F)c(F)c(F)c(F)c2F)c(F)c1F.c1cc[c]([Bi+][c]2ccccc2)cc1. The molecule has 0 atom stereocenters. The summed E-state index contributed by atoms with van der Waals surface area (Å²) in [7, 11) is 0. The van der Waals surface area contributed by atoms with Gasteiger partial charge >= 0.3 is 90.4 Å². The summed E-state index contributed by atoms with van der Waals surface area (Å²) in [6.45, 7) is 0. The van der Waals surface area contributed by atoms with E-state index in [1.807, 2.05) is 0 Å². The molecule has 58 heavy (non-hydrogen) atoms. The zero-order valence-corrected chi connectivity index (χ0v) is 30.8. The summed E-state index contributed by atoms with van der Waals surface area (Å²) in [5, 5.41) is 0. The first-order valence-electron chi connectivity index (χ1n) is 15.2. The Morgan fingerprint density at radius 3 is 0.552 bits per heavy atom. The van der Waals surface area contributed by atoms with Crippen molar-refractivity contribution in [1.29, 1.82) is 0 Å². The quantitative estimate of drug-likeness (QED) is 0.0719. The van der Waals surface area contributed by atoms with Gasteiger partial charge in [-0.05, 0) is 0 Å². The van der Waals surface area contributed by atoms with Crippen molar-refractivity contribution < 1.29 is 87.8 Å². The molecule has 0 heterocycles. The third-order valence-electron chi connectivity index (χ3n) is 8.48. The molecule has 0 aromatic heterocycles. The van der Waals surface area contributed by atoms with Gasteiger partial charge in [0, 0.05) is 0 Å². The van der Waals surface area contributed by atoms with Crippen LogP contribution in [0.1, 0.15) is 0 Å². The molecule has 22 heteroatoms. The summed E-state index contributed by atoms with van der Waals surface area (Å²) in [6.07, 6.45) is -7.22. The van der Waals surface area contributed by atoms with E-state index in [2.05, 4.69) is 60.7 Å². The molecule has 6 aromatic rings. The molecule has 2 radical (unpaired) electrons. The molecule has 6 aromatic carbocycles. The Morgan fingerprint density at radius 1 is 0.224 bits per heavy atom. The average molecular weight is 1040 g/mol. The number of hydrogen-bond donors (Lipinski definition) is 0. The second-order valence-corrected chi connectivity index (χ2v) is 16.5. The minimum atomic E-state index is -7.22. The van der Waals surface area contributed by atoms with Gasteiger partial charge in [-0.25, -0.2) is 87.8 Å². The Kier molecular flexibility index (Phi) is 12.6. The molecule has 302 valence electrons. The van der Waals surface area contributed by atoms with E-state index in [-0.39, 0.29) is 0 Å². The molecule has 0 saturated carbocycles. The molecule has 0 amide bonds. The van der Waals surface area contributed by atoms with Crippen LogP contribution in [-0.4, -0.2) is 29.4 Å². The van der Waals surface area contributed by atoms with Gasteiger partial charge in [0.25, 0.3) is 0 Å². The normalized spacial score (nSPS) is 11.5. The Labute approximate surface area is 321 Å². The predicted molar refractivity (Wildman–Crippen MR) is 167 cm³/mol. The minimum absolute atomic E-state index is 0.613. The maximum atomic E-state index is 15.4. The molecule has 0 nitrogen and oxygen atoms in total. The summed E-state index contributed by atoms with van der Waals surface area (Å²) < 4.78 is 297. The zero-order chi connectivity index (χ0) is 43.3. The van der Waals surface area contributed by atoms with Gasteiger partial charge < -0.3 is 0 Å². The molecular weight excluding hydrogens is 1030 g/mol. The first-order valence-corrected chi connectivity index (χ1v) is 18.7. The summed E-state index contributed by atoms with van der Waals surface area (Å²) in [4.78, 5) is 0. The molecule has 0 fully saturated rings. The second-order valence-electron chi connectivity index (χ2n) is 11.6. The standard InChI is InChI=1S/C24BF20.2C6H5.Bi/c26-5-1(6(27)14(35)21(42)13(5)34)25(2-7(28)15(36)22(43)16(37)8(2)29,3-9(30)17(38)23(44)18(39)10(3)31)4-11(32)19(40)24(45)20(41)12(4)33;2*1-2-4-6-5-3-1;/h;2*1-5H;/q-1;;;+1. The van der Waals surface area contributed by atoms with Crippen LogP contribution >= 0.6 is 0 Å². The number of halogens is 20. The van der Waals surface area contributed by atoms with Crippen LogP contribution in [0.2, 0.25) is 0 Å². The van der Waals surface area contributed by atoms with Crippen LogP contribution in [-0.2, 0) is 0 Å². The van der Waals surface area contributed by atoms with Gasteiger partial charge in [0.05, 0.1) is 0 Å². The Balaban J connectivity index is 0.000000414. The van der Waals surface area contributed by atoms with Crippen LogP contribution in [0.3, 0.4) is 0 Å². The van der Waals surface area contributed by atoms with Gasteiger partial charge in [0.2, 0.25) is 0 Å². The van der Waals surface area contributed by atoms with Crippen LogP contribution in [0.5, 0.6) is 0 Å². The number of hydrogen-bond acceptors (Lipinski definition) is 0. The van der Waals surface area contributed by atoms with Crippen LogP contribution in [0.25, 0.3) is 0 Å². The van der Waals surface area contributed by atoms with E-state index in [1.54, 1.807) is 6.54 Å². The van der Waals surface area contributed by atoms with Gasteiger partial charge in [-0.1, -0.05) is 0 Å². The molecule has 0 saturated heterocycles. The third kappa shape index (κ3) is 6.95. The van der Waals surface area contributed by atoms with Crippen LogP contribution in [0.4, 0.5) is 87.8 Å². The van der Waals surface area contributed by atoms with Gasteiger partial charge in [-0.15, -0.1) is 21.9 Å². The van der Waals surface area contributed by atoms with Crippen molar-refractivity contribution in [2.24, 2.45) is 0 Å². The first kappa shape index (κ1) is 44.0. The monoisotopic (exact) mass is 1040 g/mol. The van der Waals surface area contributed by atoms with E-state index in [0.29, 0.717) is 0 Å². The van der Waals surface area contributed by atoms with E-state index < -0.39 is 168 Å². The van der Waals surface area contributed by atoms with Gasteiger partial charge in [0.15, 0.2) is 69.8 Å². The van der Waals surface area contributed by atoms with Crippen LogP contribution in [0.15, 0.2) is 60.7 Å². The van der Waals surface area contributed by atoms with Gasteiger partial charge in [0.1, 0.15) is 52.7 Å². The second kappa shape index (κ2) is 16.6. The number of benzene rings is 6. The molecule has 0 spiro atoms. The van der Waals surface area contributed by atoms with Crippen molar-refractivity contribution in [3.63, 3.8) is 0 Å². The van der Waals surface area contributed by atoms with Crippen molar-refractivity contribution in [2.45, 2.75) is 0 Å². The van der Waals surface area contributed by atoms with Gasteiger partial charge in [-0.3, -0.25) is 0 Å². The topological polar surface area (TPSA) is 0 Å². The zero-order valence-electron chi connectivity index (χ0n) is 27.4. The predicted octanol–water partition coefficient (Wildman–Crippen LogP) is 7.19. The van der Waals surface area contributed by atoms with Crippen LogP contribution in [0, 0.1) is 116 Å². The fourth-order valence-electron chi connectivity index (χ4n) is 6.03. The van der Waals surface area contributed by atoms with Crippen molar-refractivity contribution in [1.82, 2.24) is 0 Å². The summed E-state index contributed by atoms with van der Waals surface area (Å²) in [5.74, 6) is -71.4. The Morgan fingerprint density at radius 2 is 0.379 bits per heavy atom. The van der Waals surface area contributed by atoms with Crippen molar-refractivity contribution in [3.8, 4) is 0 Å². The average Bonchev–Trinajstić information content (AvgIpc) is 3.21. The van der Waals surface area contributed by atoms with Gasteiger partial charge in [-0.2, -0.15) is 0 Å². The Hall–Kier alpha value is -5.13. The molecule has 0 aliphatic heterocycles. The van der Waals surface area contributed by atoms with Crippen molar-refractivity contribution in [3.05, 3.63) is 177 Å². The van der Waals surface area contributed by atoms with Crippen LogP contribution < -0.4 is 28.4 Å². The fourth-order valence-corrected chi connectivity index (χ4v) is 9.68. The molecule has 0 N–H and O–H groups in total. The molecule has 6 rings (SSSR count). The molecule has 0 aliphatic rings. The van der Waals surface area contributed by atoms with E-state index in [0.717, 1.165) is 0 Å². The van der Waals surface area contributed by atoms with E-state index >= 15 is 35.1 Å². The summed E-state index contributed by atoms with van der Waals surface area (Å²) >= 11 is -0.613. The van der Waals surface area contributed by atoms with E-state index in [9.17, 15) is 52.7 Å². The van der Waals surface area contributed by atoms with Crippen molar-refractivity contribution >= 4 is 57.8 Å². The Bertz CT molecular complexity index is 2170. The van der Waals surface area contributed by atoms with E-state index in [4.69, 9.17) is 0 Å². The summed E-state index contributed by atoms with van der Waals surface area (Å²) in [6, 6.07) is 21.6.